The van der Waals surface area contributed by atoms with Gasteiger partial charge in [-0.15, -0.1) is 11.3 Å². The van der Waals surface area contributed by atoms with Crippen LogP contribution in [0.3, 0.4) is 0 Å². The Balaban J connectivity index is 2.32. The number of carbonyl (C=O) groups is 1. The predicted molar refractivity (Wildman–Crippen MR) is 60.9 cm³/mol. The summed E-state index contributed by atoms with van der Waals surface area (Å²) in [6.07, 6.45) is 2.98. The highest BCUT2D eigenvalue weighted by atomic mass is 32.1. The van der Waals surface area contributed by atoms with E-state index in [0.29, 0.717) is 0 Å². The molecule has 0 saturated carbocycles. The van der Waals surface area contributed by atoms with Crippen LogP contribution in [-0.2, 0) is 0 Å². The molecule has 2 aromatic heterocycles. The summed E-state index contributed by atoms with van der Waals surface area (Å²) in [7, 11) is 0. The van der Waals surface area contributed by atoms with Crippen LogP contribution in [0.2, 0.25) is 0 Å². The quantitative estimate of drug-likeness (QED) is 0.461. The zero-order valence-corrected chi connectivity index (χ0v) is 9.03. The van der Waals surface area contributed by atoms with Gasteiger partial charge in [0.1, 0.15) is 11.6 Å². The van der Waals surface area contributed by atoms with E-state index in [9.17, 15) is 4.79 Å². The van der Waals surface area contributed by atoms with Crippen LogP contribution in [0.25, 0.3) is 6.08 Å². The van der Waals surface area contributed by atoms with Crippen molar-refractivity contribution in [3.63, 3.8) is 0 Å². The van der Waals surface area contributed by atoms with Gasteiger partial charge < -0.3 is 4.42 Å². The molecule has 4 heteroatoms. The van der Waals surface area contributed by atoms with Gasteiger partial charge in [-0.25, -0.2) is 0 Å². The van der Waals surface area contributed by atoms with Crippen molar-refractivity contribution in [2.75, 3.05) is 0 Å². The van der Waals surface area contributed by atoms with Crippen molar-refractivity contribution in [1.29, 1.82) is 5.26 Å². The van der Waals surface area contributed by atoms with Crippen molar-refractivity contribution in [3.05, 3.63) is 52.1 Å². The fraction of sp³-hybridized carbons (Fsp3) is 0. The number of rotatable bonds is 3. The average Bonchev–Trinajstić information content (AvgIpc) is 2.97. The van der Waals surface area contributed by atoms with Crippen LogP contribution in [0.4, 0.5) is 0 Å². The van der Waals surface area contributed by atoms with E-state index in [0.717, 1.165) is 4.88 Å². The molecule has 0 amide bonds. The van der Waals surface area contributed by atoms with E-state index in [-0.39, 0.29) is 17.1 Å². The van der Waals surface area contributed by atoms with E-state index in [1.165, 1.54) is 17.6 Å². The second kappa shape index (κ2) is 4.60. The van der Waals surface area contributed by atoms with Crippen molar-refractivity contribution in [2.24, 2.45) is 0 Å². The summed E-state index contributed by atoms with van der Waals surface area (Å²) in [5.74, 6) is -0.203. The molecule has 0 N–H and O–H groups in total. The van der Waals surface area contributed by atoms with Crippen molar-refractivity contribution < 1.29 is 9.21 Å². The first-order chi connectivity index (χ1) is 7.81. The molecule has 2 aromatic rings. The number of nitrogens with zero attached hydrogens (tertiary/aromatic N) is 1. The van der Waals surface area contributed by atoms with Gasteiger partial charge in [0.25, 0.3) is 0 Å². The molecule has 2 heterocycles. The molecule has 0 spiro atoms. The number of furan rings is 1. The number of Topliss-reactive ketones (excluding diaryl/α,β-unsaturated/α-hetero) is 1. The smallest absolute Gasteiger partial charge is 0.238 e. The lowest BCUT2D eigenvalue weighted by Crippen LogP contribution is -1.99. The molecule has 0 unspecified atom stereocenters. The molecule has 0 saturated heterocycles. The van der Waals surface area contributed by atoms with Gasteiger partial charge in [0.2, 0.25) is 5.78 Å². The SMILES string of the molecule is N#C/C(=C\c1cccs1)C(=O)c1ccco1. The molecule has 0 aliphatic heterocycles. The van der Waals surface area contributed by atoms with Gasteiger partial charge >= 0.3 is 0 Å². The van der Waals surface area contributed by atoms with Gasteiger partial charge in [0.05, 0.1) is 6.26 Å². The third kappa shape index (κ3) is 2.10. The first-order valence-corrected chi connectivity index (χ1v) is 5.43. The average molecular weight is 229 g/mol. The fourth-order valence-electron chi connectivity index (χ4n) is 1.20. The van der Waals surface area contributed by atoms with Crippen LogP contribution in [-0.4, -0.2) is 5.78 Å². The summed E-state index contributed by atoms with van der Waals surface area (Å²) in [4.78, 5) is 12.7. The summed E-state index contributed by atoms with van der Waals surface area (Å²) >= 11 is 1.47. The maximum absolute atomic E-state index is 11.8. The first-order valence-electron chi connectivity index (χ1n) is 4.55. The highest BCUT2D eigenvalue weighted by Gasteiger charge is 2.14. The Bertz CT molecular complexity index is 544. The molecule has 0 aliphatic carbocycles. The van der Waals surface area contributed by atoms with Gasteiger partial charge in [0, 0.05) is 4.88 Å². The molecule has 78 valence electrons. The molecule has 16 heavy (non-hydrogen) atoms. The number of hydrogen-bond acceptors (Lipinski definition) is 4. The van der Waals surface area contributed by atoms with Gasteiger partial charge in [-0.05, 0) is 29.7 Å². The molecule has 2 rings (SSSR count). The van der Waals surface area contributed by atoms with E-state index in [4.69, 9.17) is 9.68 Å². The summed E-state index contributed by atoms with van der Waals surface area (Å²) in [6.45, 7) is 0. The normalized spacial score (nSPS) is 11.1. The van der Waals surface area contributed by atoms with Gasteiger partial charge in [-0.2, -0.15) is 5.26 Å². The number of thiophene rings is 1. The van der Waals surface area contributed by atoms with E-state index >= 15 is 0 Å². The monoisotopic (exact) mass is 229 g/mol. The van der Waals surface area contributed by atoms with Crippen LogP contribution >= 0.6 is 11.3 Å². The molecule has 0 radical (unpaired) electrons. The Labute approximate surface area is 96.2 Å². The van der Waals surface area contributed by atoms with E-state index in [2.05, 4.69) is 0 Å². The third-order valence-electron chi connectivity index (χ3n) is 1.94. The molecular formula is C12H7NO2S. The molecule has 3 nitrogen and oxygen atoms in total. The molecule has 0 aliphatic rings. The standard InChI is InChI=1S/C12H7NO2S/c13-8-9(7-10-3-2-6-16-10)12(14)11-4-1-5-15-11/h1-7H/b9-7+. The molecule has 0 fully saturated rings. The van der Waals surface area contributed by atoms with Gasteiger partial charge in [0.15, 0.2) is 5.76 Å². The van der Waals surface area contributed by atoms with Gasteiger partial charge in [-0.1, -0.05) is 6.07 Å². The zero-order chi connectivity index (χ0) is 11.4. The van der Waals surface area contributed by atoms with E-state index < -0.39 is 0 Å². The number of allylic oxidation sites excluding steroid dienone is 1. The third-order valence-corrected chi connectivity index (χ3v) is 2.76. The maximum atomic E-state index is 11.8. The highest BCUT2D eigenvalue weighted by molar-refractivity contribution is 7.10. The zero-order valence-electron chi connectivity index (χ0n) is 8.21. The molecule has 0 atom stereocenters. The molecule has 0 aromatic carbocycles. The van der Waals surface area contributed by atoms with Crippen LogP contribution < -0.4 is 0 Å². The Morgan fingerprint density at radius 2 is 2.31 bits per heavy atom. The van der Waals surface area contributed by atoms with Crippen LogP contribution in [0.5, 0.6) is 0 Å². The fourth-order valence-corrected chi connectivity index (χ4v) is 1.86. The Morgan fingerprint density at radius 3 is 2.88 bits per heavy atom. The van der Waals surface area contributed by atoms with E-state index in [1.807, 2.05) is 23.6 Å². The Kier molecular flexibility index (Phi) is 2.99. The summed E-state index contributed by atoms with van der Waals surface area (Å²) in [5.41, 5.74) is 0.0809. The van der Waals surface area contributed by atoms with Crippen molar-refractivity contribution >= 4 is 23.2 Å². The lowest BCUT2D eigenvalue weighted by Gasteiger charge is -1.93. The minimum atomic E-state index is -0.388. The molecule has 0 bridgehead atoms. The van der Waals surface area contributed by atoms with Crippen LogP contribution in [0, 0.1) is 11.3 Å². The minimum Gasteiger partial charge on any atom is -0.461 e. The van der Waals surface area contributed by atoms with Gasteiger partial charge in [-0.3, -0.25) is 4.79 Å². The van der Waals surface area contributed by atoms with Crippen molar-refractivity contribution in [2.45, 2.75) is 0 Å². The maximum Gasteiger partial charge on any atom is 0.238 e. The summed E-state index contributed by atoms with van der Waals surface area (Å²) < 4.78 is 4.96. The largest absolute Gasteiger partial charge is 0.461 e. The van der Waals surface area contributed by atoms with Crippen LogP contribution in [0.15, 0.2) is 45.9 Å². The summed E-state index contributed by atoms with van der Waals surface area (Å²) in [6, 6.07) is 8.76. The second-order valence-electron chi connectivity index (χ2n) is 2.99. The second-order valence-corrected chi connectivity index (χ2v) is 3.97. The highest BCUT2D eigenvalue weighted by Crippen LogP contribution is 2.16. The van der Waals surface area contributed by atoms with Crippen molar-refractivity contribution in [1.82, 2.24) is 0 Å². The lowest BCUT2D eigenvalue weighted by molar-refractivity contribution is 0.101. The first kappa shape index (κ1) is 10.4. The number of carbonyl (C=O) groups excluding carboxylic acids is 1. The molecular weight excluding hydrogens is 222 g/mol. The number of ketones is 1. The van der Waals surface area contributed by atoms with Crippen LogP contribution in [0.1, 0.15) is 15.4 Å². The predicted octanol–water partition coefficient (Wildman–Crippen LogP) is 3.13. The number of hydrogen-bond donors (Lipinski definition) is 0. The summed E-state index contributed by atoms with van der Waals surface area (Å²) in [5, 5.41) is 10.8. The Morgan fingerprint density at radius 1 is 1.44 bits per heavy atom. The topological polar surface area (TPSA) is 54.0 Å². The Hall–Kier alpha value is -2.12. The van der Waals surface area contributed by atoms with E-state index in [1.54, 1.807) is 18.2 Å². The lowest BCUT2D eigenvalue weighted by atomic mass is 10.1. The van der Waals surface area contributed by atoms with Crippen molar-refractivity contribution in [3.8, 4) is 6.07 Å². The minimum absolute atomic E-state index is 0.0809. The number of nitriles is 1.